The Kier molecular flexibility index (Phi) is 8.85. The Morgan fingerprint density at radius 1 is 1.06 bits per heavy atom. The molecule has 1 fully saturated rings. The second kappa shape index (κ2) is 11.6. The Morgan fingerprint density at radius 2 is 1.68 bits per heavy atom. The van der Waals surface area contributed by atoms with E-state index in [9.17, 15) is 0 Å². The fourth-order valence-corrected chi connectivity index (χ4v) is 3.78. The molecule has 0 N–H and O–H groups in total. The lowest BCUT2D eigenvalue weighted by molar-refractivity contribution is -0.312. The van der Waals surface area contributed by atoms with Gasteiger partial charge in [-0.2, -0.15) is 0 Å². The van der Waals surface area contributed by atoms with Crippen LogP contribution in [0.3, 0.4) is 0 Å². The molecule has 168 valence electrons. The van der Waals surface area contributed by atoms with Crippen LogP contribution >= 0.6 is 0 Å². The van der Waals surface area contributed by atoms with Crippen molar-refractivity contribution in [1.29, 1.82) is 0 Å². The smallest absolute Gasteiger partial charge is 0.184 e. The van der Waals surface area contributed by atoms with Gasteiger partial charge in [-0.3, -0.25) is 0 Å². The van der Waals surface area contributed by atoms with Gasteiger partial charge in [0.1, 0.15) is 6.10 Å². The summed E-state index contributed by atoms with van der Waals surface area (Å²) in [7, 11) is 0. The standard InChI is InChI=1S/C27H36O4/c1-5-6-13-21(2)30-26-25(28-19-23-14-9-7-10-15-23)18-27(4,22(3)31-26)29-20-24-16-11-8-12-17-24/h5,7-12,14-17,21-22,25-26H,1,6,13,18-20H2,2-4H3/t21-,22?,25?,26-,27?/m1/s1. The van der Waals surface area contributed by atoms with E-state index in [1.165, 1.54) is 0 Å². The lowest BCUT2D eigenvalue weighted by Gasteiger charge is -2.46. The maximum absolute atomic E-state index is 6.40. The molecule has 1 heterocycles. The van der Waals surface area contributed by atoms with Crippen molar-refractivity contribution in [2.75, 3.05) is 0 Å². The summed E-state index contributed by atoms with van der Waals surface area (Å²) in [5.41, 5.74) is 1.81. The third-order valence-corrected chi connectivity index (χ3v) is 5.97. The van der Waals surface area contributed by atoms with Crippen LogP contribution in [0.2, 0.25) is 0 Å². The highest BCUT2D eigenvalue weighted by Gasteiger charge is 2.46. The molecule has 1 aliphatic rings. The normalized spacial score (nSPS) is 27.0. The first kappa shape index (κ1) is 23.7. The number of hydrogen-bond acceptors (Lipinski definition) is 4. The minimum absolute atomic E-state index is 0.0626. The summed E-state index contributed by atoms with van der Waals surface area (Å²) >= 11 is 0. The van der Waals surface area contributed by atoms with Crippen molar-refractivity contribution in [3.05, 3.63) is 84.4 Å². The molecule has 3 unspecified atom stereocenters. The molecule has 0 amide bonds. The Labute approximate surface area is 187 Å². The van der Waals surface area contributed by atoms with E-state index in [1.54, 1.807) is 0 Å². The fraction of sp³-hybridized carbons (Fsp3) is 0.481. The zero-order valence-electron chi connectivity index (χ0n) is 19.0. The molecule has 1 aliphatic heterocycles. The summed E-state index contributed by atoms with van der Waals surface area (Å²) in [6.45, 7) is 11.1. The molecule has 2 aromatic carbocycles. The Balaban J connectivity index is 1.68. The van der Waals surface area contributed by atoms with Crippen molar-refractivity contribution in [3.8, 4) is 0 Å². The third kappa shape index (κ3) is 7.01. The van der Waals surface area contributed by atoms with E-state index in [0.29, 0.717) is 19.6 Å². The first-order valence-electron chi connectivity index (χ1n) is 11.3. The summed E-state index contributed by atoms with van der Waals surface area (Å²) in [5, 5.41) is 0. The van der Waals surface area contributed by atoms with Crippen LogP contribution in [-0.4, -0.2) is 30.2 Å². The highest BCUT2D eigenvalue weighted by molar-refractivity contribution is 5.14. The van der Waals surface area contributed by atoms with Crippen LogP contribution in [0.25, 0.3) is 0 Å². The largest absolute Gasteiger partial charge is 0.368 e. The van der Waals surface area contributed by atoms with Gasteiger partial charge in [0.2, 0.25) is 0 Å². The zero-order valence-corrected chi connectivity index (χ0v) is 19.0. The zero-order chi connectivity index (χ0) is 22.1. The molecule has 1 saturated heterocycles. The molecule has 0 aliphatic carbocycles. The molecular formula is C27H36O4. The molecule has 0 aromatic heterocycles. The fourth-order valence-electron chi connectivity index (χ4n) is 3.78. The predicted molar refractivity (Wildman–Crippen MR) is 124 cm³/mol. The van der Waals surface area contributed by atoms with E-state index in [0.717, 1.165) is 24.0 Å². The van der Waals surface area contributed by atoms with Gasteiger partial charge in [0.25, 0.3) is 0 Å². The highest BCUT2D eigenvalue weighted by atomic mass is 16.7. The van der Waals surface area contributed by atoms with Gasteiger partial charge in [0, 0.05) is 6.42 Å². The van der Waals surface area contributed by atoms with Crippen LogP contribution in [0.15, 0.2) is 73.3 Å². The summed E-state index contributed by atoms with van der Waals surface area (Å²) < 4.78 is 25.3. The van der Waals surface area contributed by atoms with E-state index in [4.69, 9.17) is 18.9 Å². The van der Waals surface area contributed by atoms with Crippen LogP contribution < -0.4 is 0 Å². The lowest BCUT2D eigenvalue weighted by atomic mass is 9.89. The van der Waals surface area contributed by atoms with Gasteiger partial charge in [0.05, 0.1) is 31.0 Å². The van der Waals surface area contributed by atoms with Gasteiger partial charge in [-0.1, -0.05) is 66.7 Å². The Bertz CT molecular complexity index is 778. The average molecular weight is 425 g/mol. The summed E-state index contributed by atoms with van der Waals surface area (Å²) in [6, 6.07) is 20.4. The van der Waals surface area contributed by atoms with Gasteiger partial charge >= 0.3 is 0 Å². The van der Waals surface area contributed by atoms with Gasteiger partial charge in [-0.05, 0) is 44.7 Å². The molecule has 0 saturated carbocycles. The number of rotatable bonds is 11. The van der Waals surface area contributed by atoms with E-state index >= 15 is 0 Å². The molecule has 0 spiro atoms. The molecule has 4 nitrogen and oxygen atoms in total. The van der Waals surface area contributed by atoms with Gasteiger partial charge < -0.3 is 18.9 Å². The highest BCUT2D eigenvalue weighted by Crippen LogP contribution is 2.36. The molecule has 2 aromatic rings. The third-order valence-electron chi connectivity index (χ3n) is 5.97. The van der Waals surface area contributed by atoms with Crippen LogP contribution in [0, 0.1) is 0 Å². The Morgan fingerprint density at radius 3 is 2.29 bits per heavy atom. The second-order valence-electron chi connectivity index (χ2n) is 8.59. The SMILES string of the molecule is C=CCC[C@@H](C)O[C@@H]1OC(C)C(C)(OCc2ccccc2)CC1OCc1ccccc1. The minimum Gasteiger partial charge on any atom is -0.368 e. The van der Waals surface area contributed by atoms with Crippen molar-refractivity contribution in [2.24, 2.45) is 0 Å². The average Bonchev–Trinajstić information content (AvgIpc) is 2.79. The van der Waals surface area contributed by atoms with Crippen molar-refractivity contribution in [1.82, 2.24) is 0 Å². The quantitative estimate of drug-likeness (QED) is 0.411. The molecule has 3 rings (SSSR count). The molecular weight excluding hydrogens is 388 g/mol. The van der Waals surface area contributed by atoms with Gasteiger partial charge in [-0.15, -0.1) is 6.58 Å². The van der Waals surface area contributed by atoms with Gasteiger partial charge in [-0.25, -0.2) is 0 Å². The van der Waals surface area contributed by atoms with Crippen molar-refractivity contribution in [2.45, 2.75) is 83.5 Å². The Hall–Kier alpha value is -1.98. The van der Waals surface area contributed by atoms with Gasteiger partial charge in [0.15, 0.2) is 6.29 Å². The maximum Gasteiger partial charge on any atom is 0.184 e. The molecule has 4 heteroatoms. The summed E-state index contributed by atoms with van der Waals surface area (Å²) in [4.78, 5) is 0. The number of ether oxygens (including phenoxy) is 4. The monoisotopic (exact) mass is 424 g/mol. The number of allylic oxidation sites excluding steroid dienone is 1. The maximum atomic E-state index is 6.40. The molecule has 0 bridgehead atoms. The minimum atomic E-state index is -0.471. The van der Waals surface area contributed by atoms with Crippen molar-refractivity contribution in [3.63, 3.8) is 0 Å². The van der Waals surface area contributed by atoms with E-state index in [1.807, 2.05) is 42.5 Å². The van der Waals surface area contributed by atoms with Crippen LogP contribution in [0.1, 0.15) is 51.2 Å². The first-order chi connectivity index (χ1) is 15.0. The summed E-state index contributed by atoms with van der Waals surface area (Å²) in [5.74, 6) is 0. The molecule has 5 atom stereocenters. The predicted octanol–water partition coefficient (Wildman–Crippen LogP) is 6.05. The van der Waals surface area contributed by atoms with Crippen LogP contribution in [0.4, 0.5) is 0 Å². The van der Waals surface area contributed by atoms with Crippen molar-refractivity contribution < 1.29 is 18.9 Å². The van der Waals surface area contributed by atoms with Crippen LogP contribution in [-0.2, 0) is 32.2 Å². The lowest BCUT2D eigenvalue weighted by Crippen LogP contribution is -2.56. The topological polar surface area (TPSA) is 36.9 Å². The summed E-state index contributed by atoms with van der Waals surface area (Å²) in [6.07, 6.45) is 3.74. The van der Waals surface area contributed by atoms with E-state index in [2.05, 4.69) is 51.6 Å². The van der Waals surface area contributed by atoms with Crippen molar-refractivity contribution >= 4 is 0 Å². The van der Waals surface area contributed by atoms with E-state index < -0.39 is 11.9 Å². The number of hydrogen-bond donors (Lipinski definition) is 0. The molecule has 0 radical (unpaired) electrons. The van der Waals surface area contributed by atoms with Crippen LogP contribution in [0.5, 0.6) is 0 Å². The molecule has 31 heavy (non-hydrogen) atoms. The van der Waals surface area contributed by atoms with E-state index in [-0.39, 0.29) is 18.3 Å². The first-order valence-corrected chi connectivity index (χ1v) is 11.3. The second-order valence-corrected chi connectivity index (χ2v) is 8.59. The number of benzene rings is 2.